The molecule has 1 N–H and O–H groups in total. The predicted octanol–water partition coefficient (Wildman–Crippen LogP) is 1.63. The Balaban J connectivity index is 3.59. The van der Waals surface area contributed by atoms with Gasteiger partial charge in [-0.3, -0.25) is 4.79 Å². The Morgan fingerprint density at radius 1 is 1.50 bits per heavy atom. The standard InChI is InChI=1S/C7H10F3NO/c1-2-3-4-5-11-6(12)7(8,9)10/h2-3H,4-5H2,1H3,(H,11,12)/b3-2+. The molecule has 0 radical (unpaired) electrons. The highest BCUT2D eigenvalue weighted by atomic mass is 19.4. The van der Waals surface area contributed by atoms with Crippen molar-refractivity contribution in [3.63, 3.8) is 0 Å². The van der Waals surface area contributed by atoms with Crippen molar-refractivity contribution in [2.24, 2.45) is 0 Å². The number of hydrogen-bond acceptors (Lipinski definition) is 1. The van der Waals surface area contributed by atoms with Crippen molar-refractivity contribution < 1.29 is 18.0 Å². The average Bonchev–Trinajstić information content (AvgIpc) is 1.96. The molecule has 0 spiro atoms. The number of halogens is 3. The van der Waals surface area contributed by atoms with Crippen LogP contribution >= 0.6 is 0 Å². The van der Waals surface area contributed by atoms with Gasteiger partial charge in [0, 0.05) is 6.54 Å². The molecular weight excluding hydrogens is 171 g/mol. The zero-order chi connectivity index (χ0) is 9.61. The van der Waals surface area contributed by atoms with E-state index in [-0.39, 0.29) is 6.54 Å². The van der Waals surface area contributed by atoms with E-state index in [1.54, 1.807) is 24.4 Å². The van der Waals surface area contributed by atoms with Crippen LogP contribution in [0.5, 0.6) is 0 Å². The van der Waals surface area contributed by atoms with Crippen LogP contribution < -0.4 is 5.32 Å². The first-order valence-electron chi connectivity index (χ1n) is 3.44. The number of hydrogen-bond donors (Lipinski definition) is 1. The third kappa shape index (κ3) is 4.76. The zero-order valence-corrected chi connectivity index (χ0v) is 6.61. The van der Waals surface area contributed by atoms with Crippen LogP contribution in [0.3, 0.4) is 0 Å². The average molecular weight is 181 g/mol. The van der Waals surface area contributed by atoms with Crippen molar-refractivity contribution >= 4 is 5.91 Å². The lowest BCUT2D eigenvalue weighted by Crippen LogP contribution is -2.37. The van der Waals surface area contributed by atoms with Crippen molar-refractivity contribution in [2.45, 2.75) is 19.5 Å². The third-order valence-electron chi connectivity index (χ3n) is 1.09. The fourth-order valence-corrected chi connectivity index (χ4v) is 0.536. The van der Waals surface area contributed by atoms with Crippen LogP contribution in [0, 0.1) is 0 Å². The molecule has 0 rings (SSSR count). The van der Waals surface area contributed by atoms with Gasteiger partial charge in [-0.05, 0) is 13.3 Å². The molecule has 2 nitrogen and oxygen atoms in total. The first-order chi connectivity index (χ1) is 5.48. The molecule has 5 heteroatoms. The van der Waals surface area contributed by atoms with Gasteiger partial charge in [-0.25, -0.2) is 0 Å². The van der Waals surface area contributed by atoms with Gasteiger partial charge in [0.1, 0.15) is 0 Å². The smallest absolute Gasteiger partial charge is 0.348 e. The molecule has 1 amide bonds. The molecule has 0 aliphatic heterocycles. The van der Waals surface area contributed by atoms with Crippen molar-refractivity contribution in [3.05, 3.63) is 12.2 Å². The van der Waals surface area contributed by atoms with E-state index in [1.807, 2.05) is 0 Å². The summed E-state index contributed by atoms with van der Waals surface area (Å²) in [6, 6.07) is 0. The lowest BCUT2D eigenvalue weighted by molar-refractivity contribution is -0.173. The minimum atomic E-state index is -4.77. The summed E-state index contributed by atoms with van der Waals surface area (Å²) in [6.45, 7) is 1.77. The van der Waals surface area contributed by atoms with E-state index in [9.17, 15) is 18.0 Å². The predicted molar refractivity (Wildman–Crippen MR) is 38.5 cm³/mol. The van der Waals surface area contributed by atoms with E-state index >= 15 is 0 Å². The van der Waals surface area contributed by atoms with Crippen LogP contribution in [0.25, 0.3) is 0 Å². The Hall–Kier alpha value is -1.00. The number of allylic oxidation sites excluding steroid dienone is 1. The second-order valence-electron chi connectivity index (χ2n) is 2.11. The van der Waals surface area contributed by atoms with Crippen molar-refractivity contribution in [1.29, 1.82) is 0 Å². The normalized spacial score (nSPS) is 12.0. The Kier molecular flexibility index (Phi) is 4.39. The van der Waals surface area contributed by atoms with Gasteiger partial charge in [0.2, 0.25) is 0 Å². The molecule has 0 bridgehead atoms. The molecular formula is C7H10F3NO. The molecule has 0 aliphatic rings. The number of rotatable bonds is 3. The largest absolute Gasteiger partial charge is 0.471 e. The highest BCUT2D eigenvalue weighted by Gasteiger charge is 2.37. The van der Waals surface area contributed by atoms with E-state index < -0.39 is 12.1 Å². The second kappa shape index (κ2) is 4.79. The summed E-state index contributed by atoms with van der Waals surface area (Å²) in [5, 5.41) is 1.74. The molecule has 0 saturated heterocycles. The number of amides is 1. The lowest BCUT2D eigenvalue weighted by Gasteiger charge is -2.05. The second-order valence-corrected chi connectivity index (χ2v) is 2.11. The van der Waals surface area contributed by atoms with Gasteiger partial charge in [0.05, 0.1) is 0 Å². The number of alkyl halides is 3. The Labute approximate surface area is 68.4 Å². The van der Waals surface area contributed by atoms with Gasteiger partial charge in [-0.15, -0.1) is 0 Å². The summed E-state index contributed by atoms with van der Waals surface area (Å²) in [7, 11) is 0. The van der Waals surface area contributed by atoms with Crippen LogP contribution in [-0.2, 0) is 4.79 Å². The summed E-state index contributed by atoms with van der Waals surface area (Å²) in [5.74, 6) is -1.88. The van der Waals surface area contributed by atoms with E-state index in [1.165, 1.54) is 0 Å². The molecule has 0 atom stereocenters. The maximum Gasteiger partial charge on any atom is 0.471 e. The molecule has 70 valence electrons. The SMILES string of the molecule is C/C=C/CCNC(=O)C(F)(F)F. The van der Waals surface area contributed by atoms with Gasteiger partial charge >= 0.3 is 12.1 Å². The van der Waals surface area contributed by atoms with Gasteiger partial charge in [0.15, 0.2) is 0 Å². The lowest BCUT2D eigenvalue weighted by atomic mass is 10.4. The summed E-state index contributed by atoms with van der Waals surface area (Å²) in [4.78, 5) is 10.2. The molecule has 0 saturated carbocycles. The molecule has 0 heterocycles. The van der Waals surface area contributed by atoms with E-state index in [0.29, 0.717) is 6.42 Å². The van der Waals surface area contributed by atoms with Gasteiger partial charge < -0.3 is 5.32 Å². The van der Waals surface area contributed by atoms with Gasteiger partial charge in [0.25, 0.3) is 0 Å². The Morgan fingerprint density at radius 2 is 2.08 bits per heavy atom. The van der Waals surface area contributed by atoms with Crippen molar-refractivity contribution in [1.82, 2.24) is 5.32 Å². The molecule has 0 aromatic carbocycles. The zero-order valence-electron chi connectivity index (χ0n) is 6.61. The summed E-state index contributed by atoms with van der Waals surface area (Å²) in [5.41, 5.74) is 0. The minimum Gasteiger partial charge on any atom is -0.348 e. The topological polar surface area (TPSA) is 29.1 Å². The van der Waals surface area contributed by atoms with Crippen LogP contribution in [0.2, 0.25) is 0 Å². The van der Waals surface area contributed by atoms with E-state index in [2.05, 4.69) is 0 Å². The molecule has 12 heavy (non-hydrogen) atoms. The maximum atomic E-state index is 11.5. The number of carbonyl (C=O) groups excluding carboxylic acids is 1. The fourth-order valence-electron chi connectivity index (χ4n) is 0.536. The van der Waals surface area contributed by atoms with Crippen LogP contribution in [0.1, 0.15) is 13.3 Å². The van der Waals surface area contributed by atoms with Crippen LogP contribution in [0.15, 0.2) is 12.2 Å². The minimum absolute atomic E-state index is 0.0166. The Bertz CT molecular complexity index is 174. The first-order valence-corrected chi connectivity index (χ1v) is 3.44. The highest BCUT2D eigenvalue weighted by Crippen LogP contribution is 2.13. The maximum absolute atomic E-state index is 11.5. The molecule has 0 aromatic heterocycles. The third-order valence-corrected chi connectivity index (χ3v) is 1.09. The number of nitrogens with one attached hydrogen (secondary N) is 1. The van der Waals surface area contributed by atoms with E-state index in [0.717, 1.165) is 0 Å². The van der Waals surface area contributed by atoms with Gasteiger partial charge in [-0.2, -0.15) is 13.2 Å². The van der Waals surface area contributed by atoms with Gasteiger partial charge in [-0.1, -0.05) is 12.2 Å². The summed E-state index contributed by atoms with van der Waals surface area (Å²) >= 11 is 0. The summed E-state index contributed by atoms with van der Waals surface area (Å²) < 4.78 is 34.6. The van der Waals surface area contributed by atoms with Crippen molar-refractivity contribution in [3.8, 4) is 0 Å². The Morgan fingerprint density at radius 3 is 2.50 bits per heavy atom. The highest BCUT2D eigenvalue weighted by molar-refractivity contribution is 5.81. The van der Waals surface area contributed by atoms with Crippen LogP contribution in [-0.4, -0.2) is 18.6 Å². The fraction of sp³-hybridized carbons (Fsp3) is 0.571. The molecule has 0 aromatic rings. The number of carbonyl (C=O) groups is 1. The van der Waals surface area contributed by atoms with E-state index in [4.69, 9.17) is 0 Å². The first kappa shape index (κ1) is 11.0. The monoisotopic (exact) mass is 181 g/mol. The quantitative estimate of drug-likeness (QED) is 0.520. The molecule has 0 fully saturated rings. The van der Waals surface area contributed by atoms with Crippen molar-refractivity contribution in [2.75, 3.05) is 6.54 Å². The van der Waals surface area contributed by atoms with Crippen LogP contribution in [0.4, 0.5) is 13.2 Å². The molecule has 0 aliphatic carbocycles. The summed E-state index contributed by atoms with van der Waals surface area (Å²) in [6.07, 6.45) is -0.968. The molecule has 0 unspecified atom stereocenters.